The number of anilines is 1. The van der Waals surface area contributed by atoms with Gasteiger partial charge in [0.15, 0.2) is 5.82 Å². The molecule has 0 aromatic carbocycles. The lowest BCUT2D eigenvalue weighted by Crippen LogP contribution is -2.28. The highest BCUT2D eigenvalue weighted by Gasteiger charge is 2.18. The van der Waals surface area contributed by atoms with E-state index in [1.807, 2.05) is 20.0 Å². The molecule has 0 bridgehead atoms. The van der Waals surface area contributed by atoms with Crippen LogP contribution >= 0.6 is 12.4 Å². The highest BCUT2D eigenvalue weighted by molar-refractivity contribution is 5.91. The number of amides is 1. The molecule has 1 aromatic heterocycles. The summed E-state index contributed by atoms with van der Waals surface area (Å²) in [6, 6.07) is 2.00. The fourth-order valence-corrected chi connectivity index (χ4v) is 2.85. The molecule has 1 atom stereocenters. The van der Waals surface area contributed by atoms with E-state index < -0.39 is 0 Å². The fraction of sp³-hybridized carbons (Fsp3) is 0.733. The molecule has 1 saturated carbocycles. The van der Waals surface area contributed by atoms with Crippen LogP contribution in [0.1, 0.15) is 57.1 Å². The first-order valence-electron chi connectivity index (χ1n) is 7.71. The summed E-state index contributed by atoms with van der Waals surface area (Å²) in [5.41, 5.74) is 1.17. The minimum absolute atomic E-state index is 0. The second kappa shape index (κ2) is 9.05. The number of nitrogens with zero attached hydrogens (tertiary/aromatic N) is 1. The number of rotatable bonds is 5. The van der Waals surface area contributed by atoms with Crippen molar-refractivity contribution in [2.45, 2.75) is 51.4 Å². The summed E-state index contributed by atoms with van der Waals surface area (Å²) in [5.74, 6) is 1.18. The van der Waals surface area contributed by atoms with Gasteiger partial charge in [0.05, 0.1) is 0 Å². The second-order valence-corrected chi connectivity index (χ2v) is 5.84. The molecule has 0 saturated heterocycles. The topological polar surface area (TPSA) is 69.8 Å². The minimum Gasteiger partial charge on any atom is -0.319 e. The van der Waals surface area contributed by atoms with Gasteiger partial charge in [0, 0.05) is 30.1 Å². The van der Waals surface area contributed by atoms with Gasteiger partial charge in [-0.2, -0.15) is 5.10 Å². The van der Waals surface area contributed by atoms with Gasteiger partial charge in [-0.25, -0.2) is 0 Å². The molecule has 2 rings (SSSR count). The third-order valence-corrected chi connectivity index (χ3v) is 4.10. The van der Waals surface area contributed by atoms with Crippen LogP contribution in [0, 0.1) is 5.92 Å². The number of aromatic amines is 1. The zero-order chi connectivity index (χ0) is 14.4. The molecule has 5 nitrogen and oxygen atoms in total. The van der Waals surface area contributed by atoms with E-state index in [4.69, 9.17) is 0 Å². The van der Waals surface area contributed by atoms with Crippen molar-refractivity contribution in [1.29, 1.82) is 0 Å². The third kappa shape index (κ3) is 5.32. The van der Waals surface area contributed by atoms with Gasteiger partial charge < -0.3 is 10.6 Å². The molecular weight excluding hydrogens is 288 g/mol. The summed E-state index contributed by atoms with van der Waals surface area (Å²) in [6.07, 6.45) is 7.73. The number of carbonyl (C=O) groups excluding carboxylic acids is 1. The van der Waals surface area contributed by atoms with Crippen LogP contribution in [0.4, 0.5) is 5.82 Å². The Bertz CT molecular complexity index is 427. The van der Waals surface area contributed by atoms with Crippen molar-refractivity contribution >= 4 is 24.1 Å². The lowest BCUT2D eigenvalue weighted by atomic mass is 9.97. The van der Waals surface area contributed by atoms with Crippen molar-refractivity contribution in [1.82, 2.24) is 15.5 Å². The smallest absolute Gasteiger partial charge is 0.229 e. The average molecular weight is 315 g/mol. The number of aromatic nitrogens is 2. The molecule has 1 fully saturated rings. The number of hydrogen-bond donors (Lipinski definition) is 3. The van der Waals surface area contributed by atoms with Crippen LogP contribution in [0.25, 0.3) is 0 Å². The molecule has 6 heteroatoms. The second-order valence-electron chi connectivity index (χ2n) is 5.84. The van der Waals surface area contributed by atoms with Crippen LogP contribution in [0.3, 0.4) is 0 Å². The molecule has 1 amide bonds. The zero-order valence-electron chi connectivity index (χ0n) is 12.9. The van der Waals surface area contributed by atoms with Crippen LogP contribution in [0.15, 0.2) is 6.07 Å². The highest BCUT2D eigenvalue weighted by Crippen LogP contribution is 2.31. The van der Waals surface area contributed by atoms with E-state index in [9.17, 15) is 4.79 Å². The summed E-state index contributed by atoms with van der Waals surface area (Å²) in [5, 5.41) is 13.2. The lowest BCUT2D eigenvalue weighted by Gasteiger charge is -2.11. The van der Waals surface area contributed by atoms with Crippen molar-refractivity contribution in [3.8, 4) is 0 Å². The Morgan fingerprint density at radius 1 is 1.38 bits per heavy atom. The number of hydrogen-bond acceptors (Lipinski definition) is 3. The van der Waals surface area contributed by atoms with Crippen molar-refractivity contribution in [3.05, 3.63) is 11.8 Å². The van der Waals surface area contributed by atoms with E-state index in [0.29, 0.717) is 18.3 Å². The van der Waals surface area contributed by atoms with Gasteiger partial charge in [0.25, 0.3) is 0 Å². The van der Waals surface area contributed by atoms with Gasteiger partial charge in [-0.1, -0.05) is 32.6 Å². The number of nitrogens with one attached hydrogen (secondary N) is 3. The van der Waals surface area contributed by atoms with Crippen molar-refractivity contribution in [3.63, 3.8) is 0 Å². The van der Waals surface area contributed by atoms with E-state index in [-0.39, 0.29) is 24.2 Å². The SMILES string of the molecule is CNCC(C)C(=O)Nc1cc(C2CCCCCC2)[nH]n1.Cl. The summed E-state index contributed by atoms with van der Waals surface area (Å²) in [6.45, 7) is 2.58. The summed E-state index contributed by atoms with van der Waals surface area (Å²) >= 11 is 0. The molecule has 1 aliphatic rings. The summed E-state index contributed by atoms with van der Waals surface area (Å²) < 4.78 is 0. The van der Waals surface area contributed by atoms with Crippen LogP contribution in [-0.4, -0.2) is 29.7 Å². The maximum Gasteiger partial charge on any atom is 0.229 e. The maximum atomic E-state index is 11.9. The first kappa shape index (κ1) is 18.0. The molecule has 120 valence electrons. The Balaban J connectivity index is 0.00000220. The third-order valence-electron chi connectivity index (χ3n) is 4.10. The normalized spacial score (nSPS) is 17.6. The maximum absolute atomic E-state index is 11.9. The largest absolute Gasteiger partial charge is 0.319 e. The average Bonchev–Trinajstić information content (AvgIpc) is 2.73. The van der Waals surface area contributed by atoms with Gasteiger partial charge in [0.2, 0.25) is 5.91 Å². The van der Waals surface area contributed by atoms with E-state index in [1.165, 1.54) is 44.2 Å². The Kier molecular flexibility index (Phi) is 7.75. The monoisotopic (exact) mass is 314 g/mol. The molecule has 0 spiro atoms. The van der Waals surface area contributed by atoms with Gasteiger partial charge >= 0.3 is 0 Å². The predicted octanol–water partition coefficient (Wildman–Crippen LogP) is 3.06. The van der Waals surface area contributed by atoms with Gasteiger partial charge in [-0.05, 0) is 19.9 Å². The van der Waals surface area contributed by atoms with Crippen molar-refractivity contribution < 1.29 is 4.79 Å². The van der Waals surface area contributed by atoms with Crippen LogP contribution < -0.4 is 10.6 Å². The molecule has 3 N–H and O–H groups in total. The quantitative estimate of drug-likeness (QED) is 0.732. The molecule has 1 unspecified atom stereocenters. The van der Waals surface area contributed by atoms with Crippen LogP contribution in [-0.2, 0) is 4.79 Å². The minimum atomic E-state index is -0.0574. The molecule has 21 heavy (non-hydrogen) atoms. The number of H-pyrrole nitrogens is 1. The van der Waals surface area contributed by atoms with Gasteiger partial charge in [-0.15, -0.1) is 12.4 Å². The Morgan fingerprint density at radius 2 is 2.05 bits per heavy atom. The van der Waals surface area contributed by atoms with Crippen LogP contribution in [0.5, 0.6) is 0 Å². The Labute approximate surface area is 133 Å². The molecule has 0 aliphatic heterocycles. The van der Waals surface area contributed by atoms with Gasteiger partial charge in [-0.3, -0.25) is 9.89 Å². The summed E-state index contributed by atoms with van der Waals surface area (Å²) in [7, 11) is 1.85. The molecule has 1 heterocycles. The lowest BCUT2D eigenvalue weighted by molar-refractivity contribution is -0.119. The first-order chi connectivity index (χ1) is 9.70. The van der Waals surface area contributed by atoms with E-state index in [2.05, 4.69) is 20.8 Å². The van der Waals surface area contributed by atoms with E-state index in [1.54, 1.807) is 0 Å². The standard InChI is InChI=1S/C15H26N4O.ClH/c1-11(10-16-2)15(20)17-14-9-13(18-19-14)12-7-5-3-4-6-8-12;/h9,11-12,16H,3-8,10H2,1-2H3,(H2,17,18,19,20);1H. The first-order valence-corrected chi connectivity index (χ1v) is 7.71. The Hall–Kier alpha value is -1.07. The van der Waals surface area contributed by atoms with Crippen LogP contribution in [0.2, 0.25) is 0 Å². The molecule has 1 aromatic rings. The molecule has 0 radical (unpaired) electrons. The predicted molar refractivity (Wildman–Crippen MR) is 88.0 cm³/mol. The van der Waals surface area contributed by atoms with Gasteiger partial charge in [0.1, 0.15) is 0 Å². The van der Waals surface area contributed by atoms with E-state index >= 15 is 0 Å². The fourth-order valence-electron chi connectivity index (χ4n) is 2.85. The Morgan fingerprint density at radius 3 is 2.67 bits per heavy atom. The molecule has 1 aliphatic carbocycles. The zero-order valence-corrected chi connectivity index (χ0v) is 13.8. The molecular formula is C15H27ClN4O. The van der Waals surface area contributed by atoms with Crippen molar-refractivity contribution in [2.24, 2.45) is 5.92 Å². The van der Waals surface area contributed by atoms with E-state index in [0.717, 1.165) is 0 Å². The van der Waals surface area contributed by atoms with Crippen molar-refractivity contribution in [2.75, 3.05) is 18.9 Å². The summed E-state index contributed by atoms with van der Waals surface area (Å²) in [4.78, 5) is 11.9. The number of carbonyl (C=O) groups is 1. The number of halogens is 1. The highest BCUT2D eigenvalue weighted by atomic mass is 35.5.